The molecule has 0 fully saturated rings. The van der Waals surface area contributed by atoms with Crippen LogP contribution in [0.2, 0.25) is 0 Å². The van der Waals surface area contributed by atoms with Gasteiger partial charge in [0.2, 0.25) is 5.75 Å². The van der Waals surface area contributed by atoms with Crippen LogP contribution in [0, 0.1) is 0 Å². The molecular weight excluding hydrogens is 344 g/mol. The highest BCUT2D eigenvalue weighted by atomic mass is 32.2. The van der Waals surface area contributed by atoms with Gasteiger partial charge < -0.3 is 18.9 Å². The van der Waals surface area contributed by atoms with Crippen LogP contribution in [0.3, 0.4) is 0 Å². The smallest absolute Gasteiger partial charge is 0.341 e. The second-order valence-electron chi connectivity index (χ2n) is 4.75. The average molecular weight is 364 g/mol. The van der Waals surface area contributed by atoms with E-state index in [1.807, 2.05) is 6.26 Å². The lowest BCUT2D eigenvalue weighted by molar-refractivity contribution is 0.0526. The molecule has 0 radical (unpaired) electrons. The van der Waals surface area contributed by atoms with Gasteiger partial charge in [-0.1, -0.05) is 11.8 Å². The largest absolute Gasteiger partial charge is 0.493 e. The molecule has 134 valence electrons. The molecule has 0 unspecified atom stereocenters. The number of benzene rings is 1. The van der Waals surface area contributed by atoms with E-state index in [0.717, 1.165) is 0 Å². The molecule has 0 atom stereocenters. The van der Waals surface area contributed by atoms with E-state index in [9.17, 15) is 4.79 Å². The molecule has 2 aromatic rings. The molecule has 0 spiro atoms. The second kappa shape index (κ2) is 8.57. The molecule has 0 saturated carbocycles. The predicted octanol–water partition coefficient (Wildman–Crippen LogP) is 3.07. The minimum Gasteiger partial charge on any atom is -0.493 e. The third kappa shape index (κ3) is 3.96. The van der Waals surface area contributed by atoms with E-state index in [1.54, 1.807) is 19.1 Å². The van der Waals surface area contributed by atoms with Crippen molar-refractivity contribution < 1.29 is 23.7 Å². The highest BCUT2D eigenvalue weighted by Gasteiger charge is 2.21. The molecule has 0 amide bonds. The summed E-state index contributed by atoms with van der Waals surface area (Å²) < 4.78 is 21.2. The van der Waals surface area contributed by atoms with Crippen LogP contribution in [0.25, 0.3) is 11.3 Å². The third-order valence-electron chi connectivity index (χ3n) is 3.38. The van der Waals surface area contributed by atoms with Crippen molar-refractivity contribution in [3.63, 3.8) is 0 Å². The van der Waals surface area contributed by atoms with Crippen molar-refractivity contribution in [2.45, 2.75) is 12.1 Å². The fourth-order valence-electron chi connectivity index (χ4n) is 2.26. The Bertz CT molecular complexity index is 742. The lowest BCUT2D eigenvalue weighted by Gasteiger charge is -2.15. The van der Waals surface area contributed by atoms with Gasteiger partial charge in [-0.2, -0.15) is 0 Å². The molecule has 7 nitrogen and oxygen atoms in total. The number of carbonyl (C=O) groups is 1. The molecular formula is C17H20N2O5S. The number of aromatic nitrogens is 2. The van der Waals surface area contributed by atoms with Crippen LogP contribution in [0.15, 0.2) is 23.5 Å². The SMILES string of the molecule is CCOC(=O)c1cnc(SC)nc1-c1cc(OC)c(OC)c(OC)c1. The third-order valence-corrected chi connectivity index (χ3v) is 3.94. The molecule has 1 heterocycles. The lowest BCUT2D eigenvalue weighted by atomic mass is 10.1. The molecule has 0 aliphatic rings. The topological polar surface area (TPSA) is 79.8 Å². The van der Waals surface area contributed by atoms with Gasteiger partial charge in [-0.05, 0) is 25.3 Å². The summed E-state index contributed by atoms with van der Waals surface area (Å²) in [4.78, 5) is 20.9. The van der Waals surface area contributed by atoms with Crippen LogP contribution in [-0.2, 0) is 4.74 Å². The first kappa shape index (κ1) is 18.9. The normalized spacial score (nSPS) is 10.3. The Morgan fingerprint density at radius 3 is 2.24 bits per heavy atom. The summed E-state index contributed by atoms with van der Waals surface area (Å²) in [6.07, 6.45) is 3.33. The van der Waals surface area contributed by atoms with Crippen molar-refractivity contribution in [2.75, 3.05) is 34.2 Å². The molecule has 0 N–H and O–H groups in total. The Kier molecular flexibility index (Phi) is 6.46. The Hall–Kier alpha value is -2.48. The molecule has 0 aliphatic carbocycles. The molecule has 0 aliphatic heterocycles. The quantitative estimate of drug-likeness (QED) is 0.421. The summed E-state index contributed by atoms with van der Waals surface area (Å²) in [6, 6.07) is 3.47. The highest BCUT2D eigenvalue weighted by Crippen LogP contribution is 2.41. The summed E-state index contributed by atoms with van der Waals surface area (Å²) in [5.74, 6) is 0.913. The number of hydrogen-bond donors (Lipinski definition) is 0. The summed E-state index contributed by atoms with van der Waals surface area (Å²) in [5, 5.41) is 0.539. The van der Waals surface area contributed by atoms with Gasteiger partial charge in [0, 0.05) is 11.8 Å². The van der Waals surface area contributed by atoms with E-state index in [-0.39, 0.29) is 12.2 Å². The summed E-state index contributed by atoms with van der Waals surface area (Å²) in [7, 11) is 4.59. The van der Waals surface area contributed by atoms with Gasteiger partial charge >= 0.3 is 5.97 Å². The van der Waals surface area contributed by atoms with E-state index in [1.165, 1.54) is 39.3 Å². The first-order valence-electron chi connectivity index (χ1n) is 7.48. The van der Waals surface area contributed by atoms with Crippen LogP contribution in [0.4, 0.5) is 0 Å². The van der Waals surface area contributed by atoms with Gasteiger partial charge in [-0.3, -0.25) is 0 Å². The summed E-state index contributed by atoms with van der Waals surface area (Å²) in [5.41, 5.74) is 1.35. The van der Waals surface area contributed by atoms with Gasteiger partial charge in [-0.25, -0.2) is 14.8 Å². The predicted molar refractivity (Wildman–Crippen MR) is 94.9 cm³/mol. The van der Waals surface area contributed by atoms with Crippen molar-refractivity contribution in [3.05, 3.63) is 23.9 Å². The second-order valence-corrected chi connectivity index (χ2v) is 5.53. The van der Waals surface area contributed by atoms with Gasteiger partial charge in [0.05, 0.1) is 33.6 Å². The van der Waals surface area contributed by atoms with Crippen LogP contribution in [0.5, 0.6) is 17.2 Å². The van der Waals surface area contributed by atoms with Crippen LogP contribution < -0.4 is 14.2 Å². The number of esters is 1. The standard InChI is InChI=1S/C17H20N2O5S/c1-6-24-16(20)11-9-18-17(25-5)19-14(11)10-7-12(21-2)15(23-4)13(8-10)22-3/h7-9H,6H2,1-5H3. The van der Waals surface area contributed by atoms with Gasteiger partial charge in [-0.15, -0.1) is 0 Å². The van der Waals surface area contributed by atoms with Crippen LogP contribution in [-0.4, -0.2) is 50.1 Å². The molecule has 0 bridgehead atoms. The summed E-state index contributed by atoms with van der Waals surface area (Å²) >= 11 is 1.38. The van der Waals surface area contributed by atoms with Crippen LogP contribution >= 0.6 is 11.8 Å². The first-order valence-corrected chi connectivity index (χ1v) is 8.70. The number of thioether (sulfide) groups is 1. The van der Waals surface area contributed by atoms with Gasteiger partial charge in [0.1, 0.15) is 5.56 Å². The maximum atomic E-state index is 12.3. The average Bonchev–Trinajstić information content (AvgIpc) is 2.66. The van der Waals surface area contributed by atoms with Gasteiger partial charge in [0.25, 0.3) is 0 Å². The number of hydrogen-bond acceptors (Lipinski definition) is 8. The Morgan fingerprint density at radius 1 is 1.12 bits per heavy atom. The first-order chi connectivity index (χ1) is 12.1. The molecule has 1 aromatic carbocycles. The maximum Gasteiger partial charge on any atom is 0.341 e. The number of methoxy groups -OCH3 is 3. The van der Waals surface area contributed by atoms with Crippen molar-refractivity contribution >= 4 is 17.7 Å². The fourth-order valence-corrected chi connectivity index (χ4v) is 2.60. The van der Waals surface area contributed by atoms with Crippen molar-refractivity contribution in [2.24, 2.45) is 0 Å². The molecule has 0 saturated heterocycles. The zero-order chi connectivity index (χ0) is 18.4. The Labute approximate surface area is 150 Å². The number of nitrogens with zero attached hydrogens (tertiary/aromatic N) is 2. The molecule has 1 aromatic heterocycles. The van der Waals surface area contributed by atoms with Crippen molar-refractivity contribution in [1.82, 2.24) is 9.97 Å². The van der Waals surface area contributed by atoms with Crippen LogP contribution in [0.1, 0.15) is 17.3 Å². The number of ether oxygens (including phenoxy) is 4. The minimum absolute atomic E-state index is 0.262. The van der Waals surface area contributed by atoms with Gasteiger partial charge in [0.15, 0.2) is 16.7 Å². The number of rotatable bonds is 7. The zero-order valence-corrected chi connectivity index (χ0v) is 15.6. The van der Waals surface area contributed by atoms with E-state index < -0.39 is 5.97 Å². The molecule has 2 rings (SSSR count). The maximum absolute atomic E-state index is 12.3. The van der Waals surface area contributed by atoms with E-state index in [4.69, 9.17) is 18.9 Å². The Morgan fingerprint density at radius 2 is 1.76 bits per heavy atom. The molecule has 8 heteroatoms. The lowest BCUT2D eigenvalue weighted by Crippen LogP contribution is -2.09. The van der Waals surface area contributed by atoms with E-state index in [0.29, 0.717) is 33.7 Å². The summed E-state index contributed by atoms with van der Waals surface area (Å²) in [6.45, 7) is 2.01. The Balaban J connectivity index is 2.69. The minimum atomic E-state index is -0.487. The zero-order valence-electron chi connectivity index (χ0n) is 14.8. The van der Waals surface area contributed by atoms with E-state index in [2.05, 4.69) is 9.97 Å². The molecule has 25 heavy (non-hydrogen) atoms. The fraction of sp³-hybridized carbons (Fsp3) is 0.353. The monoisotopic (exact) mass is 364 g/mol. The van der Waals surface area contributed by atoms with Crippen molar-refractivity contribution in [1.29, 1.82) is 0 Å². The van der Waals surface area contributed by atoms with E-state index >= 15 is 0 Å². The van der Waals surface area contributed by atoms with Crippen molar-refractivity contribution in [3.8, 4) is 28.5 Å². The number of carbonyl (C=O) groups excluding carboxylic acids is 1. The highest BCUT2D eigenvalue weighted by molar-refractivity contribution is 7.98.